The van der Waals surface area contributed by atoms with Gasteiger partial charge in [-0.25, -0.2) is 19.4 Å². The van der Waals surface area contributed by atoms with Crippen LogP contribution in [0.2, 0.25) is 0 Å². The fourth-order valence-corrected chi connectivity index (χ4v) is 4.64. The smallest absolute Gasteiger partial charge is 0.341 e. The zero-order valence-electron chi connectivity index (χ0n) is 19.9. The predicted octanol–water partition coefficient (Wildman–Crippen LogP) is 1.74. The van der Waals surface area contributed by atoms with Crippen molar-refractivity contribution in [1.82, 2.24) is 14.9 Å². The van der Waals surface area contributed by atoms with Gasteiger partial charge in [-0.3, -0.25) is 9.69 Å². The van der Waals surface area contributed by atoms with Gasteiger partial charge in [-0.15, -0.1) is 0 Å². The molecule has 1 aromatic heterocycles. The molecule has 2 fully saturated rings. The topological polar surface area (TPSA) is 142 Å². The molecule has 1 aliphatic carbocycles. The number of urea groups is 1. The molecule has 1 aromatic carbocycles. The van der Waals surface area contributed by atoms with Crippen molar-refractivity contribution >= 4 is 34.3 Å². The number of fused-ring (bicyclic) bond motifs is 1. The molecular formula is C23H29FN6O5. The zero-order valence-corrected chi connectivity index (χ0v) is 19.9. The first-order chi connectivity index (χ1) is 16.6. The molecule has 4 rings (SSSR count). The number of hydrogen-bond acceptors (Lipinski definition) is 7. The third-order valence-corrected chi connectivity index (χ3v) is 6.44. The molecule has 0 spiro atoms. The second kappa shape index (κ2) is 9.53. The van der Waals surface area contributed by atoms with E-state index in [0.29, 0.717) is 37.4 Å². The number of aromatic nitrogens is 1. The van der Waals surface area contributed by atoms with Crippen LogP contribution >= 0.6 is 0 Å². The molecule has 1 saturated carbocycles. The van der Waals surface area contributed by atoms with Gasteiger partial charge in [0.2, 0.25) is 5.43 Å². The lowest BCUT2D eigenvalue weighted by Gasteiger charge is -2.41. The van der Waals surface area contributed by atoms with Gasteiger partial charge in [-0.1, -0.05) is 0 Å². The molecule has 35 heavy (non-hydrogen) atoms. The molecule has 0 radical (unpaired) electrons. The van der Waals surface area contributed by atoms with Gasteiger partial charge in [-0.2, -0.15) is 5.10 Å². The summed E-state index contributed by atoms with van der Waals surface area (Å²) in [6, 6.07) is 0.448. The van der Waals surface area contributed by atoms with E-state index in [1.165, 1.54) is 13.3 Å². The van der Waals surface area contributed by atoms with Gasteiger partial charge in [0.15, 0.2) is 11.6 Å². The summed E-state index contributed by atoms with van der Waals surface area (Å²) in [6.07, 6.45) is 3.03. The van der Waals surface area contributed by atoms with E-state index in [-0.39, 0.29) is 34.5 Å². The van der Waals surface area contributed by atoms with Gasteiger partial charge in [-0.05, 0) is 32.8 Å². The number of hydrogen-bond donors (Lipinski definition) is 3. The molecule has 12 heteroatoms. The molecule has 1 saturated heterocycles. The van der Waals surface area contributed by atoms with Gasteiger partial charge in [0.1, 0.15) is 11.3 Å². The summed E-state index contributed by atoms with van der Waals surface area (Å²) in [5.41, 5.74) is 7.51. The number of anilines is 1. The van der Waals surface area contributed by atoms with E-state index >= 15 is 4.39 Å². The van der Waals surface area contributed by atoms with Crippen LogP contribution < -0.4 is 26.2 Å². The minimum Gasteiger partial charge on any atom is -0.492 e. The van der Waals surface area contributed by atoms with Gasteiger partial charge >= 0.3 is 12.0 Å². The maximum absolute atomic E-state index is 15.5. The Morgan fingerprint density at radius 2 is 2.06 bits per heavy atom. The normalized spacial score (nSPS) is 19.1. The number of aromatic carboxylic acids is 1. The number of methoxy groups -OCH3 is 1. The van der Waals surface area contributed by atoms with Crippen molar-refractivity contribution in [3.8, 4) is 5.75 Å². The fourth-order valence-electron chi connectivity index (χ4n) is 4.64. The van der Waals surface area contributed by atoms with E-state index < -0.39 is 23.2 Å². The minimum atomic E-state index is -1.34. The van der Waals surface area contributed by atoms with Crippen molar-refractivity contribution < 1.29 is 23.8 Å². The molecule has 188 valence electrons. The molecule has 1 atom stereocenters. The van der Waals surface area contributed by atoms with Gasteiger partial charge in [0.05, 0.1) is 18.0 Å². The first kappa shape index (κ1) is 24.5. The van der Waals surface area contributed by atoms with Crippen LogP contribution in [-0.2, 0) is 0 Å². The molecule has 0 bridgehead atoms. The molecule has 2 aliphatic rings. The van der Waals surface area contributed by atoms with Crippen molar-refractivity contribution in [2.45, 2.75) is 38.8 Å². The Labute approximate surface area is 200 Å². The average molecular weight is 489 g/mol. The number of rotatable bonds is 7. The first-order valence-corrected chi connectivity index (χ1v) is 11.4. The van der Waals surface area contributed by atoms with Gasteiger partial charge in [0.25, 0.3) is 0 Å². The van der Waals surface area contributed by atoms with Crippen LogP contribution in [0, 0.1) is 5.82 Å². The third-order valence-electron chi connectivity index (χ3n) is 6.44. The summed E-state index contributed by atoms with van der Waals surface area (Å²) in [4.78, 5) is 39.4. The van der Waals surface area contributed by atoms with Crippen LogP contribution in [0.3, 0.4) is 0 Å². The van der Waals surface area contributed by atoms with E-state index in [0.717, 1.165) is 18.9 Å². The average Bonchev–Trinajstić information content (AvgIpc) is 3.64. The predicted molar refractivity (Wildman–Crippen MR) is 129 cm³/mol. The maximum Gasteiger partial charge on any atom is 0.341 e. The summed E-state index contributed by atoms with van der Waals surface area (Å²) >= 11 is 0. The molecule has 11 nitrogen and oxygen atoms in total. The van der Waals surface area contributed by atoms with Crippen LogP contribution in [0.25, 0.3) is 10.9 Å². The molecule has 2 heterocycles. The van der Waals surface area contributed by atoms with Crippen LogP contribution in [0.15, 0.2) is 22.2 Å². The van der Waals surface area contributed by atoms with E-state index in [2.05, 4.69) is 15.4 Å². The van der Waals surface area contributed by atoms with Crippen molar-refractivity contribution in [3.05, 3.63) is 33.9 Å². The van der Waals surface area contributed by atoms with Crippen molar-refractivity contribution in [3.63, 3.8) is 0 Å². The Hall–Kier alpha value is -3.67. The number of carboxylic acid groups (broad SMARTS) is 1. The second-order valence-electron chi connectivity index (χ2n) is 9.04. The number of amides is 2. The highest BCUT2D eigenvalue weighted by molar-refractivity contribution is 5.97. The highest BCUT2D eigenvalue weighted by Crippen LogP contribution is 2.44. The van der Waals surface area contributed by atoms with E-state index in [4.69, 9.17) is 10.5 Å². The third kappa shape index (κ3) is 4.78. The van der Waals surface area contributed by atoms with Gasteiger partial charge in [0, 0.05) is 50.2 Å². The Bertz CT molecular complexity index is 1270. The lowest BCUT2D eigenvalue weighted by atomic mass is 10.1. The monoisotopic (exact) mass is 488 g/mol. The molecule has 4 N–H and O–H groups in total. The summed E-state index contributed by atoms with van der Waals surface area (Å²) in [7, 11) is 1.43. The number of benzene rings is 1. The quantitative estimate of drug-likeness (QED) is 0.398. The van der Waals surface area contributed by atoms with Crippen molar-refractivity contribution in [2.75, 3.05) is 38.2 Å². The second-order valence-corrected chi connectivity index (χ2v) is 9.04. The number of halogens is 1. The number of carbonyl (C=O) groups excluding carboxylic acids is 1. The number of nitrogens with one attached hydrogen (secondary N) is 1. The number of hydrazone groups is 1. The lowest BCUT2D eigenvalue weighted by molar-refractivity contribution is 0.0694. The highest BCUT2D eigenvalue weighted by Gasteiger charge is 2.33. The zero-order chi connectivity index (χ0) is 25.4. The summed E-state index contributed by atoms with van der Waals surface area (Å²) in [5.74, 6) is -1.75. The van der Waals surface area contributed by atoms with E-state index in [9.17, 15) is 19.5 Å². The highest BCUT2D eigenvalue weighted by atomic mass is 19.1. The SMILES string of the molecule is COc1c(N2CCN(C/C(C)=N/NC(N)=O)C(C)C2)c(F)cc2c(=O)c(C(=O)O)cn(C3CC3)c12. The molecular weight excluding hydrogens is 459 g/mol. The largest absolute Gasteiger partial charge is 0.492 e. The number of piperazine rings is 1. The first-order valence-electron chi connectivity index (χ1n) is 11.4. The fraction of sp³-hybridized carbons (Fsp3) is 0.478. The standard InChI is InChI=1S/C23H29FN6O5/c1-12(26-27-23(25)34)9-28-6-7-29(10-13(28)2)19-17(24)8-15-18(21(19)35-3)30(14-4-5-14)11-16(20(15)31)22(32)33/h8,11,13-14H,4-7,9-10H2,1-3H3,(H,32,33)(H3,25,27,34)/b26-12+. The summed E-state index contributed by atoms with van der Waals surface area (Å²) < 4.78 is 22.9. The van der Waals surface area contributed by atoms with Gasteiger partial charge < -0.3 is 25.0 Å². The number of pyridine rings is 1. The van der Waals surface area contributed by atoms with Crippen LogP contribution in [0.5, 0.6) is 5.75 Å². The summed E-state index contributed by atoms with van der Waals surface area (Å²) in [6.45, 7) is 5.86. The number of nitrogens with zero attached hydrogens (tertiary/aromatic N) is 4. The Morgan fingerprint density at radius 3 is 2.63 bits per heavy atom. The Balaban J connectivity index is 1.71. The summed E-state index contributed by atoms with van der Waals surface area (Å²) in [5, 5.41) is 13.4. The van der Waals surface area contributed by atoms with Crippen molar-refractivity contribution in [2.24, 2.45) is 10.8 Å². The number of carbonyl (C=O) groups is 2. The maximum atomic E-state index is 15.5. The van der Waals surface area contributed by atoms with Crippen LogP contribution in [0.1, 0.15) is 43.1 Å². The van der Waals surface area contributed by atoms with Crippen LogP contribution in [-0.4, -0.2) is 71.6 Å². The van der Waals surface area contributed by atoms with Crippen LogP contribution in [0.4, 0.5) is 14.9 Å². The number of carboxylic acids is 1. The molecule has 2 aromatic rings. The number of primary amides is 1. The number of nitrogens with two attached hydrogens (primary N) is 1. The Kier molecular flexibility index (Phi) is 6.66. The Morgan fingerprint density at radius 1 is 1.34 bits per heavy atom. The van der Waals surface area contributed by atoms with E-state index in [1.54, 1.807) is 11.5 Å². The molecule has 1 aliphatic heterocycles. The lowest BCUT2D eigenvalue weighted by Crippen LogP contribution is -2.53. The molecule has 1 unspecified atom stereocenters. The van der Waals surface area contributed by atoms with Crippen molar-refractivity contribution in [1.29, 1.82) is 0 Å². The molecule has 2 amide bonds. The van der Waals surface area contributed by atoms with E-state index in [1.807, 2.05) is 11.8 Å². The number of ether oxygens (including phenoxy) is 1. The minimum absolute atomic E-state index is 0.00429.